The summed E-state index contributed by atoms with van der Waals surface area (Å²) in [4.78, 5) is 4.46. The van der Waals surface area contributed by atoms with E-state index in [0.29, 0.717) is 6.61 Å². The molecule has 0 N–H and O–H groups in total. The van der Waals surface area contributed by atoms with E-state index in [1.807, 2.05) is 60.2 Å². The van der Waals surface area contributed by atoms with Gasteiger partial charge in [0.25, 0.3) is 0 Å². The fourth-order valence-electron chi connectivity index (χ4n) is 2.04. The molecule has 0 fully saturated rings. The van der Waals surface area contributed by atoms with Crippen LogP contribution >= 0.6 is 0 Å². The maximum Gasteiger partial charge on any atom is 0.119 e. The van der Waals surface area contributed by atoms with Crippen molar-refractivity contribution in [3.63, 3.8) is 0 Å². The maximum absolute atomic E-state index is 5.44. The molecule has 0 saturated heterocycles. The van der Waals surface area contributed by atoms with Crippen molar-refractivity contribution in [1.82, 2.24) is 9.38 Å². The van der Waals surface area contributed by atoms with E-state index < -0.39 is 0 Å². The SMILES string of the molecule is CCOc1ccc(-c2ncn3ccccc23)cc1. The predicted molar refractivity (Wildman–Crippen MR) is 71.8 cm³/mol. The number of pyridine rings is 1. The quantitative estimate of drug-likeness (QED) is 0.699. The van der Waals surface area contributed by atoms with Crippen LogP contribution in [0.25, 0.3) is 16.8 Å². The van der Waals surface area contributed by atoms with Crippen molar-refractivity contribution in [3.8, 4) is 17.0 Å². The molecule has 0 atom stereocenters. The average Bonchev–Trinajstić information content (AvgIpc) is 2.84. The lowest BCUT2D eigenvalue weighted by atomic mass is 10.1. The molecule has 0 bridgehead atoms. The van der Waals surface area contributed by atoms with Gasteiger partial charge in [-0.3, -0.25) is 0 Å². The summed E-state index contributed by atoms with van der Waals surface area (Å²) in [5, 5.41) is 0. The lowest BCUT2D eigenvalue weighted by Gasteiger charge is -2.03. The largest absolute Gasteiger partial charge is 0.494 e. The van der Waals surface area contributed by atoms with Crippen molar-refractivity contribution in [2.45, 2.75) is 6.92 Å². The first-order valence-electron chi connectivity index (χ1n) is 6.03. The number of ether oxygens (including phenoxy) is 1. The van der Waals surface area contributed by atoms with Crippen molar-refractivity contribution in [2.24, 2.45) is 0 Å². The van der Waals surface area contributed by atoms with Crippen LogP contribution in [0.3, 0.4) is 0 Å². The molecule has 3 nitrogen and oxygen atoms in total. The molecule has 0 amide bonds. The number of rotatable bonds is 3. The van der Waals surface area contributed by atoms with Crippen molar-refractivity contribution < 1.29 is 4.74 Å². The summed E-state index contributed by atoms with van der Waals surface area (Å²) < 4.78 is 7.46. The second-order valence-electron chi connectivity index (χ2n) is 4.04. The Morgan fingerprint density at radius 1 is 1.11 bits per heavy atom. The highest BCUT2D eigenvalue weighted by molar-refractivity contribution is 5.77. The average molecular weight is 238 g/mol. The Bertz CT molecular complexity index is 656. The van der Waals surface area contributed by atoms with Crippen LogP contribution in [0.2, 0.25) is 0 Å². The second-order valence-corrected chi connectivity index (χ2v) is 4.04. The number of hydrogen-bond acceptors (Lipinski definition) is 2. The number of nitrogens with zero attached hydrogens (tertiary/aromatic N) is 2. The van der Waals surface area contributed by atoms with Crippen molar-refractivity contribution in [1.29, 1.82) is 0 Å². The minimum atomic E-state index is 0.687. The number of aromatic nitrogens is 2. The molecule has 0 saturated carbocycles. The van der Waals surface area contributed by atoms with Crippen LogP contribution in [-0.4, -0.2) is 16.0 Å². The number of hydrogen-bond donors (Lipinski definition) is 0. The maximum atomic E-state index is 5.44. The van der Waals surface area contributed by atoms with Gasteiger partial charge < -0.3 is 9.14 Å². The van der Waals surface area contributed by atoms with E-state index in [-0.39, 0.29) is 0 Å². The second kappa shape index (κ2) is 4.53. The van der Waals surface area contributed by atoms with Gasteiger partial charge in [0.2, 0.25) is 0 Å². The molecule has 0 spiro atoms. The van der Waals surface area contributed by atoms with E-state index in [1.54, 1.807) is 0 Å². The molecule has 2 aromatic heterocycles. The molecule has 3 aromatic rings. The van der Waals surface area contributed by atoms with Crippen LogP contribution in [-0.2, 0) is 0 Å². The van der Waals surface area contributed by atoms with E-state index in [4.69, 9.17) is 4.74 Å². The van der Waals surface area contributed by atoms with Gasteiger partial charge in [0.1, 0.15) is 5.75 Å². The van der Waals surface area contributed by atoms with Crippen LogP contribution in [0.4, 0.5) is 0 Å². The summed E-state index contributed by atoms with van der Waals surface area (Å²) in [6.07, 6.45) is 3.83. The standard InChI is InChI=1S/C15H14N2O/c1-2-18-13-8-6-12(7-9-13)15-14-5-3-4-10-17(14)11-16-15/h3-11H,2H2,1H3. The molecule has 0 aliphatic rings. The third-order valence-corrected chi connectivity index (χ3v) is 2.88. The highest BCUT2D eigenvalue weighted by Crippen LogP contribution is 2.24. The van der Waals surface area contributed by atoms with E-state index in [2.05, 4.69) is 11.1 Å². The molecule has 3 heteroatoms. The van der Waals surface area contributed by atoms with E-state index in [0.717, 1.165) is 22.5 Å². The lowest BCUT2D eigenvalue weighted by Crippen LogP contribution is -1.90. The first-order chi connectivity index (χ1) is 8.88. The van der Waals surface area contributed by atoms with Gasteiger partial charge >= 0.3 is 0 Å². The third-order valence-electron chi connectivity index (χ3n) is 2.88. The van der Waals surface area contributed by atoms with Gasteiger partial charge in [0.05, 0.1) is 24.1 Å². The van der Waals surface area contributed by atoms with E-state index in [1.165, 1.54) is 0 Å². The molecule has 18 heavy (non-hydrogen) atoms. The van der Waals surface area contributed by atoms with E-state index in [9.17, 15) is 0 Å². The summed E-state index contributed by atoms with van der Waals surface area (Å²) >= 11 is 0. The predicted octanol–water partition coefficient (Wildman–Crippen LogP) is 3.40. The Kier molecular flexibility index (Phi) is 2.73. The van der Waals surface area contributed by atoms with Crippen molar-refractivity contribution in [2.75, 3.05) is 6.61 Å². The molecular weight excluding hydrogens is 224 g/mol. The number of fused-ring (bicyclic) bond motifs is 1. The zero-order valence-electron chi connectivity index (χ0n) is 10.2. The summed E-state index contributed by atoms with van der Waals surface area (Å²) in [5.74, 6) is 0.893. The highest BCUT2D eigenvalue weighted by atomic mass is 16.5. The first-order valence-corrected chi connectivity index (χ1v) is 6.03. The van der Waals surface area contributed by atoms with Gasteiger partial charge in [-0.25, -0.2) is 4.98 Å². The zero-order valence-corrected chi connectivity index (χ0v) is 10.2. The topological polar surface area (TPSA) is 26.5 Å². The van der Waals surface area contributed by atoms with Crippen LogP contribution in [0.5, 0.6) is 5.75 Å². The molecular formula is C15H14N2O. The molecule has 0 aliphatic carbocycles. The van der Waals surface area contributed by atoms with Gasteiger partial charge in [-0.2, -0.15) is 0 Å². The molecule has 90 valence electrons. The van der Waals surface area contributed by atoms with Gasteiger partial charge in [0, 0.05) is 11.8 Å². The first kappa shape index (κ1) is 10.8. The molecule has 0 aliphatic heterocycles. The summed E-state index contributed by atoms with van der Waals surface area (Å²) in [6, 6.07) is 14.1. The monoisotopic (exact) mass is 238 g/mol. The van der Waals surface area contributed by atoms with Gasteiger partial charge in [-0.05, 0) is 43.3 Å². The number of benzene rings is 1. The normalized spacial score (nSPS) is 10.7. The molecule has 0 radical (unpaired) electrons. The van der Waals surface area contributed by atoms with Gasteiger partial charge in [0.15, 0.2) is 0 Å². The third kappa shape index (κ3) is 1.84. The lowest BCUT2D eigenvalue weighted by molar-refractivity contribution is 0.340. The van der Waals surface area contributed by atoms with Crippen LogP contribution in [0.15, 0.2) is 55.0 Å². The fourth-order valence-corrected chi connectivity index (χ4v) is 2.04. The Balaban J connectivity index is 2.03. The zero-order chi connectivity index (χ0) is 12.4. The Morgan fingerprint density at radius 3 is 2.72 bits per heavy atom. The summed E-state index contributed by atoms with van der Waals surface area (Å²) in [7, 11) is 0. The van der Waals surface area contributed by atoms with Gasteiger partial charge in [-0.15, -0.1) is 0 Å². The Labute approximate surface area is 106 Å². The fraction of sp³-hybridized carbons (Fsp3) is 0.133. The summed E-state index contributed by atoms with van der Waals surface area (Å²) in [5.41, 5.74) is 3.22. The molecule has 2 heterocycles. The number of imidazole rings is 1. The summed E-state index contributed by atoms with van der Waals surface area (Å²) in [6.45, 7) is 2.67. The van der Waals surface area contributed by atoms with Crippen LogP contribution in [0.1, 0.15) is 6.92 Å². The molecule has 1 aromatic carbocycles. The van der Waals surface area contributed by atoms with Crippen LogP contribution < -0.4 is 4.74 Å². The van der Waals surface area contributed by atoms with Crippen molar-refractivity contribution >= 4 is 5.52 Å². The minimum Gasteiger partial charge on any atom is -0.494 e. The minimum absolute atomic E-state index is 0.687. The Hall–Kier alpha value is -2.29. The molecule has 3 rings (SSSR count). The highest BCUT2D eigenvalue weighted by Gasteiger charge is 2.06. The smallest absolute Gasteiger partial charge is 0.119 e. The van der Waals surface area contributed by atoms with Crippen molar-refractivity contribution in [3.05, 3.63) is 55.0 Å². The van der Waals surface area contributed by atoms with Crippen LogP contribution in [0, 0.1) is 0 Å². The molecule has 0 unspecified atom stereocenters. The van der Waals surface area contributed by atoms with Gasteiger partial charge in [-0.1, -0.05) is 6.07 Å². The Morgan fingerprint density at radius 2 is 1.94 bits per heavy atom. The van der Waals surface area contributed by atoms with E-state index >= 15 is 0 Å².